The van der Waals surface area contributed by atoms with Gasteiger partial charge in [0.25, 0.3) is 5.78 Å². The number of benzene rings is 2. The fraction of sp³-hybridized carbons (Fsp3) is 0.441. The molecule has 2 atom stereocenters. The lowest BCUT2D eigenvalue weighted by Crippen LogP contribution is -2.56. The van der Waals surface area contributed by atoms with Gasteiger partial charge in [-0.05, 0) is 80.1 Å². The number of carbonyl (C=O) groups is 2. The van der Waals surface area contributed by atoms with E-state index in [0.717, 1.165) is 49.0 Å². The van der Waals surface area contributed by atoms with Gasteiger partial charge in [-0.1, -0.05) is 18.2 Å². The maximum Gasteiger partial charge on any atom is 0.252 e. The zero-order valence-corrected chi connectivity index (χ0v) is 26.4. The molecule has 4 heterocycles. The summed E-state index contributed by atoms with van der Waals surface area (Å²) < 4.78 is 20.1. The molecule has 2 aromatic carbocycles. The van der Waals surface area contributed by atoms with E-state index in [-0.39, 0.29) is 36.9 Å². The van der Waals surface area contributed by atoms with Crippen LogP contribution in [0.5, 0.6) is 17.2 Å². The van der Waals surface area contributed by atoms with Crippen molar-refractivity contribution >= 4 is 17.6 Å². The highest BCUT2D eigenvalue weighted by Crippen LogP contribution is 2.33. The molecule has 1 N–H and O–H groups in total. The summed E-state index contributed by atoms with van der Waals surface area (Å²) in [7, 11) is 1.61. The number of nitrogens with zero attached hydrogens (tertiary/aromatic N) is 6. The SMILES string of the molecule is CCN1CC(=O)N[C@H]2CCN(CCCc3cnc4ncnn4c3)C[C@@H]2OCc2cccc(c2)Oc2cc(ccc2OC)CCC1=O. The average Bonchev–Trinajstić information content (AvgIpc) is 3.54. The van der Waals surface area contributed by atoms with Gasteiger partial charge in [0.15, 0.2) is 11.5 Å². The van der Waals surface area contributed by atoms with E-state index in [9.17, 15) is 9.59 Å². The minimum atomic E-state index is -0.225. The van der Waals surface area contributed by atoms with Crippen molar-refractivity contribution in [2.24, 2.45) is 0 Å². The number of aromatic nitrogens is 4. The Morgan fingerprint density at radius 2 is 2.00 bits per heavy atom. The summed E-state index contributed by atoms with van der Waals surface area (Å²) in [5.74, 6) is 2.22. The monoisotopic (exact) mass is 627 g/mol. The van der Waals surface area contributed by atoms with Crippen molar-refractivity contribution in [3.05, 3.63) is 77.9 Å². The first-order chi connectivity index (χ1) is 22.5. The molecule has 0 radical (unpaired) electrons. The van der Waals surface area contributed by atoms with E-state index < -0.39 is 0 Å². The second-order valence-corrected chi connectivity index (χ2v) is 11.8. The summed E-state index contributed by atoms with van der Waals surface area (Å²) in [5.41, 5.74) is 3.02. The van der Waals surface area contributed by atoms with Gasteiger partial charge in [-0.2, -0.15) is 10.1 Å². The van der Waals surface area contributed by atoms with Crippen molar-refractivity contribution in [1.29, 1.82) is 0 Å². The van der Waals surface area contributed by atoms with Crippen molar-refractivity contribution in [2.75, 3.05) is 39.8 Å². The maximum atomic E-state index is 13.3. The summed E-state index contributed by atoms with van der Waals surface area (Å²) in [4.78, 5) is 38.9. The molecule has 2 aliphatic rings. The lowest BCUT2D eigenvalue weighted by molar-refractivity contribution is -0.136. The Morgan fingerprint density at radius 3 is 2.87 bits per heavy atom. The van der Waals surface area contributed by atoms with Gasteiger partial charge in [0.05, 0.1) is 32.4 Å². The van der Waals surface area contributed by atoms with Crippen molar-refractivity contribution in [3.63, 3.8) is 0 Å². The number of nitrogens with one attached hydrogen (secondary N) is 1. The minimum absolute atomic E-state index is 0.0193. The van der Waals surface area contributed by atoms with Crippen LogP contribution in [0, 0.1) is 0 Å². The predicted octanol–water partition coefficient (Wildman–Crippen LogP) is 3.43. The van der Waals surface area contributed by atoms with Gasteiger partial charge in [0.2, 0.25) is 11.8 Å². The molecule has 242 valence electrons. The highest BCUT2D eigenvalue weighted by Gasteiger charge is 2.32. The second kappa shape index (κ2) is 14.7. The fourth-order valence-corrected chi connectivity index (χ4v) is 6.11. The third-order valence-electron chi connectivity index (χ3n) is 8.63. The van der Waals surface area contributed by atoms with Gasteiger partial charge in [0.1, 0.15) is 12.1 Å². The van der Waals surface area contributed by atoms with Crippen LogP contribution in [-0.4, -0.2) is 93.2 Å². The average molecular weight is 628 g/mol. The number of ether oxygens (including phenoxy) is 3. The third-order valence-corrected chi connectivity index (χ3v) is 8.63. The summed E-state index contributed by atoms with van der Waals surface area (Å²) in [6.07, 6.45) is 8.48. The Balaban J connectivity index is 1.17. The summed E-state index contributed by atoms with van der Waals surface area (Å²) in [6.45, 7) is 5.14. The number of likely N-dealkylation sites (tertiary alicyclic amines) is 1. The van der Waals surface area contributed by atoms with Crippen LogP contribution in [0.3, 0.4) is 0 Å². The smallest absolute Gasteiger partial charge is 0.252 e. The van der Waals surface area contributed by atoms with Crippen LogP contribution < -0.4 is 14.8 Å². The first kappa shape index (κ1) is 31.4. The van der Waals surface area contributed by atoms with Gasteiger partial charge in [0, 0.05) is 38.4 Å². The van der Waals surface area contributed by atoms with Crippen LogP contribution in [-0.2, 0) is 33.8 Å². The third kappa shape index (κ3) is 7.80. The van der Waals surface area contributed by atoms with E-state index in [1.54, 1.807) is 16.5 Å². The van der Waals surface area contributed by atoms with Gasteiger partial charge >= 0.3 is 0 Å². The van der Waals surface area contributed by atoms with Crippen LogP contribution in [0.25, 0.3) is 5.78 Å². The largest absolute Gasteiger partial charge is 0.493 e. The number of hydrogen-bond acceptors (Lipinski definition) is 9. The molecule has 2 aromatic heterocycles. The zero-order chi connectivity index (χ0) is 31.9. The number of methoxy groups -OCH3 is 1. The molecule has 0 saturated carbocycles. The molecule has 0 aliphatic carbocycles. The molecule has 12 nitrogen and oxygen atoms in total. The maximum absolute atomic E-state index is 13.3. The normalized spacial score (nSPS) is 19.9. The molecule has 0 unspecified atom stereocenters. The molecule has 46 heavy (non-hydrogen) atoms. The number of fused-ring (bicyclic) bond motifs is 6. The molecule has 1 saturated heterocycles. The van der Waals surface area contributed by atoms with Crippen molar-refractivity contribution in [2.45, 2.75) is 57.8 Å². The van der Waals surface area contributed by atoms with E-state index in [1.165, 1.54) is 6.33 Å². The standard InChI is InChI=1S/C34H41N7O5/c1-3-40-21-32(42)38-28-13-15-39(14-5-7-26-18-35-34-36-23-37-41(34)19-26)20-31(28)45-22-25-6-4-8-27(16-25)46-30-17-24(10-12-33(40)43)9-11-29(30)44-2/h4,6,8-9,11,16-19,23,28,31H,3,5,7,10,12-15,20-22H2,1-2H3,(H,38,42)/t28-,31-/m0/s1. The predicted molar refractivity (Wildman–Crippen MR) is 171 cm³/mol. The molecular formula is C34H41N7O5. The highest BCUT2D eigenvalue weighted by atomic mass is 16.5. The molecule has 4 bridgehead atoms. The molecule has 2 aliphatic heterocycles. The number of carbonyl (C=O) groups excluding carboxylic acids is 2. The van der Waals surface area contributed by atoms with Crippen molar-refractivity contribution in [3.8, 4) is 17.2 Å². The van der Waals surface area contributed by atoms with Crippen LogP contribution in [0.4, 0.5) is 0 Å². The highest BCUT2D eigenvalue weighted by molar-refractivity contribution is 5.85. The second-order valence-electron chi connectivity index (χ2n) is 11.8. The van der Waals surface area contributed by atoms with Crippen LogP contribution >= 0.6 is 0 Å². The molecule has 4 aromatic rings. The lowest BCUT2D eigenvalue weighted by Gasteiger charge is -2.39. The van der Waals surface area contributed by atoms with Crippen molar-refractivity contribution in [1.82, 2.24) is 34.7 Å². The number of piperidine rings is 1. The Labute approximate surface area is 268 Å². The Kier molecular flexibility index (Phi) is 10.0. The molecule has 2 amide bonds. The molecule has 1 fully saturated rings. The molecular weight excluding hydrogens is 586 g/mol. The van der Waals surface area contributed by atoms with E-state index in [4.69, 9.17) is 14.2 Å². The van der Waals surface area contributed by atoms with Gasteiger partial charge in [-0.15, -0.1) is 0 Å². The van der Waals surface area contributed by atoms with E-state index in [2.05, 4.69) is 25.3 Å². The number of likely N-dealkylation sites (N-methyl/N-ethyl adjacent to an activating group) is 1. The fourth-order valence-electron chi connectivity index (χ4n) is 6.11. The Hall–Kier alpha value is -4.55. The quantitative estimate of drug-likeness (QED) is 0.343. The van der Waals surface area contributed by atoms with Crippen LogP contribution in [0.1, 0.15) is 42.9 Å². The van der Waals surface area contributed by atoms with E-state index >= 15 is 0 Å². The first-order valence-electron chi connectivity index (χ1n) is 16.0. The number of rotatable bonds is 6. The number of hydrogen-bond donors (Lipinski definition) is 1. The van der Waals surface area contributed by atoms with Crippen LogP contribution in [0.15, 0.2) is 61.2 Å². The van der Waals surface area contributed by atoms with Gasteiger partial charge < -0.3 is 29.3 Å². The van der Waals surface area contributed by atoms with Crippen molar-refractivity contribution < 1.29 is 23.8 Å². The molecule has 12 heteroatoms. The molecule has 0 spiro atoms. The zero-order valence-electron chi connectivity index (χ0n) is 26.4. The Morgan fingerprint density at radius 1 is 1.09 bits per heavy atom. The topological polar surface area (TPSA) is 123 Å². The van der Waals surface area contributed by atoms with E-state index in [1.807, 2.05) is 61.8 Å². The first-order valence-corrected chi connectivity index (χ1v) is 16.0. The minimum Gasteiger partial charge on any atom is -0.493 e. The number of amides is 2. The van der Waals surface area contributed by atoms with E-state index in [0.29, 0.717) is 49.1 Å². The Bertz CT molecular complexity index is 1660. The van der Waals surface area contributed by atoms with Crippen LogP contribution in [0.2, 0.25) is 0 Å². The summed E-state index contributed by atoms with van der Waals surface area (Å²) in [5, 5.41) is 7.39. The lowest BCUT2D eigenvalue weighted by atomic mass is 10.0. The van der Waals surface area contributed by atoms with Gasteiger partial charge in [-0.3, -0.25) is 9.59 Å². The van der Waals surface area contributed by atoms with Gasteiger partial charge in [-0.25, -0.2) is 9.50 Å². The summed E-state index contributed by atoms with van der Waals surface area (Å²) in [6, 6.07) is 13.4. The number of aryl methyl sites for hydroxylation is 2. The summed E-state index contributed by atoms with van der Waals surface area (Å²) >= 11 is 0. The molecule has 6 rings (SSSR count).